The van der Waals surface area contributed by atoms with Crippen LogP contribution in [0.15, 0.2) is 47.5 Å². The number of unbranched alkanes of at least 4 members (excludes halogenated alkanes) is 2. The summed E-state index contributed by atoms with van der Waals surface area (Å²) in [6.07, 6.45) is 15.5. The molecule has 2 aromatic carbocycles. The van der Waals surface area contributed by atoms with Crippen molar-refractivity contribution in [2.45, 2.75) is 115 Å². The molecule has 0 aromatic heterocycles. The number of hydrogen-bond acceptors (Lipinski definition) is 10. The lowest BCUT2D eigenvalue weighted by molar-refractivity contribution is -0.125. The van der Waals surface area contributed by atoms with Gasteiger partial charge < -0.3 is 40.2 Å². The van der Waals surface area contributed by atoms with Crippen molar-refractivity contribution >= 4 is 17.4 Å². The van der Waals surface area contributed by atoms with E-state index < -0.39 is 17.1 Å². The molecule has 12 heteroatoms. The largest absolute Gasteiger partial charge is 0.504 e. The number of guanidine groups is 1. The Balaban J connectivity index is 1.46. The van der Waals surface area contributed by atoms with Crippen molar-refractivity contribution in [1.82, 2.24) is 16.0 Å². The molecule has 59 heavy (non-hydrogen) atoms. The molecule has 0 spiro atoms. The molecule has 12 nitrogen and oxygen atoms in total. The first-order chi connectivity index (χ1) is 28.5. The van der Waals surface area contributed by atoms with Gasteiger partial charge in [-0.2, -0.15) is 0 Å². The van der Waals surface area contributed by atoms with Crippen LogP contribution in [-0.4, -0.2) is 86.4 Å². The molecule has 7 N–H and O–H groups in total. The van der Waals surface area contributed by atoms with Crippen LogP contribution in [0.2, 0.25) is 0 Å². The number of hydrogen-bond donors (Lipinski definition) is 7. The van der Waals surface area contributed by atoms with Gasteiger partial charge in [0.25, 0.3) is 0 Å². The summed E-state index contributed by atoms with van der Waals surface area (Å²) < 4.78 is 18.2. The van der Waals surface area contributed by atoms with E-state index in [0.29, 0.717) is 74.8 Å². The smallest absolute Gasteiger partial charge is 0.207 e. The standard InChI is InChI=1S/C47H69N5O7/c1-6-7-8-11-34-15-17-43(55)47(29-36-14-16-40(54)41(26-36)57-5)20-9-12-38(47)13-10-22-51-45(49-4)52-39-25-37(24-34)27-42(44(39)56)59-46(31-48-3)21-18-35(28-46)19-23-58-32-50-30-33(2)53/h14-17,25-27,33-35,38,48,50,53-54,56H,6-9,11-13,18-21,23-24,28-32H2,1-5H3,(H2,49,51,52). The van der Waals surface area contributed by atoms with Gasteiger partial charge in [-0.3, -0.25) is 20.4 Å². The van der Waals surface area contributed by atoms with Crippen molar-refractivity contribution in [3.63, 3.8) is 0 Å². The van der Waals surface area contributed by atoms with Gasteiger partial charge >= 0.3 is 0 Å². The quantitative estimate of drug-likeness (QED) is 0.0365. The molecular weight excluding hydrogens is 747 g/mol. The Labute approximate surface area is 352 Å². The van der Waals surface area contributed by atoms with E-state index in [-0.39, 0.29) is 29.1 Å². The number of aliphatic imine (C=N–C) groups is 1. The Morgan fingerprint density at radius 1 is 1.10 bits per heavy atom. The maximum atomic E-state index is 14.7. The van der Waals surface area contributed by atoms with E-state index in [0.717, 1.165) is 81.8 Å². The Hall–Kier alpha value is -4.28. The summed E-state index contributed by atoms with van der Waals surface area (Å²) in [5.74, 6) is 5.21. The molecule has 2 aliphatic carbocycles. The number of rotatable bonds is 18. The van der Waals surface area contributed by atoms with Crippen LogP contribution >= 0.6 is 0 Å². The van der Waals surface area contributed by atoms with Gasteiger partial charge in [-0.1, -0.05) is 50.7 Å². The van der Waals surface area contributed by atoms with Crippen molar-refractivity contribution < 1.29 is 34.3 Å². The van der Waals surface area contributed by atoms with Crippen LogP contribution in [0.1, 0.15) is 102 Å². The zero-order valence-corrected chi connectivity index (χ0v) is 36.0. The number of ketones is 1. The molecule has 0 saturated heterocycles. The molecule has 2 bridgehead atoms. The highest BCUT2D eigenvalue weighted by Gasteiger charge is 2.47. The predicted octanol–water partition coefficient (Wildman–Crippen LogP) is 6.82. The number of phenols is 2. The third kappa shape index (κ3) is 12.6. The Morgan fingerprint density at radius 2 is 1.95 bits per heavy atom. The van der Waals surface area contributed by atoms with Crippen molar-refractivity contribution in [3.8, 4) is 35.0 Å². The van der Waals surface area contributed by atoms with Crippen LogP contribution in [0, 0.1) is 35.1 Å². The van der Waals surface area contributed by atoms with Crippen molar-refractivity contribution in [2.24, 2.45) is 28.2 Å². The Bertz CT molecular complexity index is 1800. The lowest BCUT2D eigenvalue weighted by Gasteiger charge is -2.33. The number of carbonyl (C=O) groups excluding carboxylic acids is 1. The number of aliphatic hydroxyl groups is 1. The second-order valence-electron chi connectivity index (χ2n) is 17.0. The Morgan fingerprint density at radius 3 is 2.71 bits per heavy atom. The third-order valence-corrected chi connectivity index (χ3v) is 12.4. The SMILES string of the molecule is CCCCCC1C=CC(=O)C2(Cc3ccc(O)c(OC)c3)CCCC2CC#CNC(=NC)Nc2cc(cc(OC3(CNC)CCC(CCOCNCC(C)O)C3)c2O)C1. The fourth-order valence-electron chi connectivity index (χ4n) is 9.35. The molecule has 6 atom stereocenters. The molecule has 2 fully saturated rings. The van der Waals surface area contributed by atoms with Gasteiger partial charge in [-0.05, 0) is 131 Å². The van der Waals surface area contributed by atoms with E-state index in [4.69, 9.17) is 14.2 Å². The summed E-state index contributed by atoms with van der Waals surface area (Å²) >= 11 is 0. The number of nitrogens with one attached hydrogen (secondary N) is 4. The van der Waals surface area contributed by atoms with Crippen LogP contribution in [0.3, 0.4) is 0 Å². The molecule has 2 saturated carbocycles. The van der Waals surface area contributed by atoms with E-state index >= 15 is 0 Å². The van der Waals surface area contributed by atoms with Crippen molar-refractivity contribution in [2.75, 3.05) is 52.9 Å². The minimum absolute atomic E-state index is 0.00655. The fraction of sp³-hybridized carbons (Fsp3) is 0.617. The number of aliphatic hydroxyl groups excluding tert-OH is 1. The number of phenolic OH excluding ortho intramolecular Hbond substituents is 2. The number of carbonyl (C=O) groups is 1. The second-order valence-corrected chi connectivity index (χ2v) is 17.0. The number of likely N-dealkylation sites (N-methyl/N-ethyl adjacent to an activating group) is 1. The van der Waals surface area contributed by atoms with Crippen LogP contribution < -0.4 is 30.7 Å². The minimum Gasteiger partial charge on any atom is -0.504 e. The summed E-state index contributed by atoms with van der Waals surface area (Å²) in [5, 5.41) is 44.5. The van der Waals surface area contributed by atoms with Crippen LogP contribution in [0.4, 0.5) is 5.69 Å². The highest BCUT2D eigenvalue weighted by Crippen LogP contribution is 2.49. The van der Waals surface area contributed by atoms with Crippen LogP contribution in [0.5, 0.6) is 23.0 Å². The molecule has 0 amide bonds. The number of methoxy groups -OCH3 is 1. The minimum atomic E-state index is -0.646. The van der Waals surface area contributed by atoms with E-state index in [1.807, 2.05) is 37.4 Å². The number of ether oxygens (including phenoxy) is 3. The number of allylic oxidation sites excluding steroid dienone is 2. The van der Waals surface area contributed by atoms with Gasteiger partial charge in [0.15, 0.2) is 28.8 Å². The monoisotopic (exact) mass is 816 g/mol. The third-order valence-electron chi connectivity index (χ3n) is 12.4. The lowest BCUT2D eigenvalue weighted by Crippen LogP contribution is -2.42. The molecule has 324 valence electrons. The fourth-order valence-corrected chi connectivity index (χ4v) is 9.35. The van der Waals surface area contributed by atoms with Gasteiger partial charge in [0, 0.05) is 44.6 Å². The second kappa shape index (κ2) is 22.4. The van der Waals surface area contributed by atoms with Gasteiger partial charge in [0.1, 0.15) is 5.60 Å². The summed E-state index contributed by atoms with van der Waals surface area (Å²) in [7, 11) is 5.14. The lowest BCUT2D eigenvalue weighted by atomic mass is 9.68. The van der Waals surface area contributed by atoms with Gasteiger partial charge in [0.05, 0.1) is 25.6 Å². The summed E-state index contributed by atoms with van der Waals surface area (Å²) in [6.45, 7) is 6.06. The molecular formula is C47H69N5O7. The van der Waals surface area contributed by atoms with Gasteiger partial charge in [-0.25, -0.2) is 0 Å². The topological polar surface area (TPSA) is 166 Å². The van der Waals surface area contributed by atoms with E-state index in [1.54, 1.807) is 20.0 Å². The van der Waals surface area contributed by atoms with Crippen molar-refractivity contribution in [3.05, 3.63) is 53.6 Å². The zero-order chi connectivity index (χ0) is 42.3. The summed E-state index contributed by atoms with van der Waals surface area (Å²) in [5.41, 5.74) is 1.22. The molecule has 2 aromatic rings. The first-order valence-corrected chi connectivity index (χ1v) is 21.8. The zero-order valence-electron chi connectivity index (χ0n) is 36.0. The highest BCUT2D eigenvalue weighted by atomic mass is 16.5. The molecule has 6 unspecified atom stereocenters. The van der Waals surface area contributed by atoms with Crippen molar-refractivity contribution in [1.29, 1.82) is 0 Å². The highest BCUT2D eigenvalue weighted by molar-refractivity contribution is 5.97. The van der Waals surface area contributed by atoms with Crippen LogP contribution in [0.25, 0.3) is 0 Å². The van der Waals surface area contributed by atoms with Gasteiger partial charge in [0.2, 0.25) is 5.96 Å². The molecule has 5 rings (SSSR count). The maximum Gasteiger partial charge on any atom is 0.207 e. The number of fused-ring (bicyclic) bond motifs is 3. The average Bonchev–Trinajstić information content (AvgIpc) is 3.82. The molecule has 1 aliphatic heterocycles. The normalized spacial score (nSPS) is 25.8. The first-order valence-electron chi connectivity index (χ1n) is 21.8. The number of anilines is 1. The maximum absolute atomic E-state index is 14.7. The van der Waals surface area contributed by atoms with E-state index in [1.165, 1.54) is 7.11 Å². The summed E-state index contributed by atoms with van der Waals surface area (Å²) in [4.78, 5) is 19.1. The van der Waals surface area contributed by atoms with E-state index in [9.17, 15) is 20.1 Å². The molecule has 1 heterocycles. The van der Waals surface area contributed by atoms with Crippen LogP contribution in [-0.2, 0) is 22.4 Å². The van der Waals surface area contributed by atoms with Gasteiger partial charge in [-0.15, -0.1) is 0 Å². The molecule has 0 radical (unpaired) electrons. The number of aromatic hydroxyl groups is 2. The summed E-state index contributed by atoms with van der Waals surface area (Å²) in [6, 6.07) is 12.4. The Kier molecular flexibility index (Phi) is 17.4. The number of benzene rings is 2. The van der Waals surface area contributed by atoms with E-state index in [2.05, 4.69) is 51.2 Å². The average molecular weight is 816 g/mol. The number of nitrogens with zero attached hydrogens (tertiary/aromatic N) is 1. The predicted molar refractivity (Wildman–Crippen MR) is 234 cm³/mol. The first kappa shape index (κ1) is 45.8. The molecule has 3 aliphatic rings.